The third-order valence-electron chi connectivity index (χ3n) is 17.5. The Kier molecular flexibility index (Phi) is 26.4. The third-order valence-corrected chi connectivity index (χ3v) is 19.5. The molecule has 10 rings (SSSR count). The molecule has 0 radical (unpaired) electrons. The Bertz CT molecular complexity index is 4820. The molecule has 0 spiro atoms. The number of aliphatic hydroxyl groups excluding tert-OH is 1. The summed E-state index contributed by atoms with van der Waals surface area (Å²) < 4.78 is 81.3. The number of aliphatic hydroxyl groups is 1. The van der Waals surface area contributed by atoms with E-state index in [1.54, 1.807) is 64.0 Å². The van der Waals surface area contributed by atoms with Gasteiger partial charge in [-0.25, -0.2) is 38.5 Å². The van der Waals surface area contributed by atoms with Gasteiger partial charge in [-0.3, -0.25) is 51.2 Å². The number of hydrogen-bond acceptors (Lipinski definition) is 27. The Labute approximate surface area is 622 Å². The number of imidazole rings is 1. The highest BCUT2D eigenvalue weighted by Gasteiger charge is 2.49. The Morgan fingerprint density at radius 2 is 1.52 bits per heavy atom. The van der Waals surface area contributed by atoms with Gasteiger partial charge in [0, 0.05) is 87.4 Å². The van der Waals surface area contributed by atoms with Gasteiger partial charge in [-0.1, -0.05) is 25.0 Å². The van der Waals surface area contributed by atoms with E-state index in [2.05, 4.69) is 46.5 Å². The first-order chi connectivity index (χ1) is 51.7. The molecule has 37 nitrogen and oxygen atoms in total. The number of phosphoric ester groups is 2. The van der Waals surface area contributed by atoms with Crippen molar-refractivity contribution in [2.45, 2.75) is 140 Å². The van der Waals surface area contributed by atoms with E-state index in [0.29, 0.717) is 52.9 Å². The lowest BCUT2D eigenvalue weighted by Crippen LogP contribution is -2.58. The van der Waals surface area contributed by atoms with E-state index >= 15 is 0 Å². The molecule has 2 saturated heterocycles. The number of amides is 5. The average molecular weight is 1550 g/mol. The number of nitrogens with one attached hydrogen (secondary N) is 5. The number of nitrogens with two attached hydrogens (primary N) is 1. The van der Waals surface area contributed by atoms with Crippen molar-refractivity contribution in [2.75, 3.05) is 64.7 Å². The van der Waals surface area contributed by atoms with Gasteiger partial charge in [0.2, 0.25) is 17.7 Å². The quantitative estimate of drug-likeness (QED) is 0.0140. The van der Waals surface area contributed by atoms with Crippen molar-refractivity contribution in [2.24, 2.45) is 0 Å². The van der Waals surface area contributed by atoms with Crippen LogP contribution in [0.25, 0.3) is 44.6 Å². The normalized spacial score (nSPS) is 19.5. The molecule has 584 valence electrons. The van der Waals surface area contributed by atoms with E-state index in [9.17, 15) is 72.6 Å². The number of anilines is 2. The number of aromatic nitrogens is 6. The molecule has 6 heterocycles. The molecule has 3 unspecified atom stereocenters. The highest BCUT2D eigenvalue weighted by atomic mass is 31.2. The number of nitrogens with zero attached hydrogens (tertiary/aromatic N) is 7. The topological polar surface area (TPSA) is 510 Å². The zero-order valence-electron chi connectivity index (χ0n) is 60.3. The first-order valence-electron chi connectivity index (χ1n) is 34.5. The van der Waals surface area contributed by atoms with Crippen LogP contribution < -0.4 is 53.1 Å². The number of phenols is 1. The van der Waals surface area contributed by atoms with Crippen molar-refractivity contribution in [3.63, 3.8) is 0 Å². The number of nitrogen functional groups attached to an aromatic ring is 1. The van der Waals surface area contributed by atoms with E-state index in [-0.39, 0.29) is 107 Å². The summed E-state index contributed by atoms with van der Waals surface area (Å²) in [6, 6.07) is 15.8. The fraction of sp³-hybridized carbons (Fsp3) is 0.429. The maximum absolute atomic E-state index is 15.0. The number of ether oxygens (including phenoxy) is 4. The minimum atomic E-state index is -5.42. The monoisotopic (exact) mass is 1550 g/mol. The number of benzene rings is 4. The van der Waals surface area contributed by atoms with Gasteiger partial charge in [0.25, 0.3) is 5.91 Å². The molecular formula is C70H85N13O24P2. The highest BCUT2D eigenvalue weighted by Crippen LogP contribution is 2.51. The number of alkyl carbamates (subject to hydrolysis) is 1. The molecule has 2 fully saturated rings. The van der Waals surface area contributed by atoms with Crippen molar-refractivity contribution in [3.8, 4) is 33.9 Å². The fourth-order valence-corrected chi connectivity index (χ4v) is 14.1. The third kappa shape index (κ3) is 21.1. The first-order valence-corrected chi connectivity index (χ1v) is 37.5. The van der Waals surface area contributed by atoms with Crippen LogP contribution in [0.4, 0.5) is 16.4 Å². The Balaban J connectivity index is 0.798. The summed E-state index contributed by atoms with van der Waals surface area (Å²) in [5.74, 6) is -3.22. The summed E-state index contributed by atoms with van der Waals surface area (Å²) in [6.45, 7) is 4.39. The van der Waals surface area contributed by atoms with Crippen molar-refractivity contribution in [1.29, 1.82) is 0 Å². The van der Waals surface area contributed by atoms with Gasteiger partial charge in [-0.05, 0) is 118 Å². The molecule has 5 amide bonds. The molecule has 11 atom stereocenters. The largest absolute Gasteiger partial charge is 0.508 e. The smallest absolute Gasteiger partial charge is 0.472 e. The van der Waals surface area contributed by atoms with Crippen molar-refractivity contribution >= 4 is 85.1 Å². The van der Waals surface area contributed by atoms with Crippen LogP contribution in [0.1, 0.15) is 111 Å². The maximum Gasteiger partial charge on any atom is 0.472 e. The van der Waals surface area contributed by atoms with E-state index in [0.717, 1.165) is 4.57 Å². The Hall–Kier alpha value is -10.3. The van der Waals surface area contributed by atoms with E-state index < -0.39 is 131 Å². The molecule has 12 N–H and O–H groups in total. The molecule has 109 heavy (non-hydrogen) atoms. The van der Waals surface area contributed by atoms with Crippen LogP contribution in [0.3, 0.4) is 0 Å². The number of aromatic carboxylic acids is 1. The van der Waals surface area contributed by atoms with Crippen molar-refractivity contribution < 1.29 is 104 Å². The summed E-state index contributed by atoms with van der Waals surface area (Å²) >= 11 is 0. The van der Waals surface area contributed by atoms with Crippen molar-refractivity contribution in [1.82, 2.24) is 55.7 Å². The van der Waals surface area contributed by atoms with Gasteiger partial charge in [0.1, 0.15) is 83.3 Å². The Morgan fingerprint density at radius 3 is 2.24 bits per heavy atom. The van der Waals surface area contributed by atoms with Gasteiger partial charge in [0.05, 0.1) is 44.9 Å². The van der Waals surface area contributed by atoms with Gasteiger partial charge in [-0.15, -0.1) is 0 Å². The number of carboxylic acid groups (broad SMARTS) is 1. The number of hydrogen-bond donors (Lipinski definition) is 11. The minimum Gasteiger partial charge on any atom is -0.508 e. The van der Waals surface area contributed by atoms with Gasteiger partial charge in [0.15, 0.2) is 28.6 Å². The average Bonchev–Trinajstić information content (AvgIpc) is 1.20. The van der Waals surface area contributed by atoms with Crippen LogP contribution >= 0.6 is 15.6 Å². The second-order valence-corrected chi connectivity index (χ2v) is 29.8. The van der Waals surface area contributed by atoms with Crippen LogP contribution in [-0.4, -0.2) is 192 Å². The number of rotatable bonds is 34. The SMILES string of the molecule is COc1ccc(C[C@H](NC(=O)[C@@H](CCCNC(C)=O)NC(=O)OC(C)(C)C)C(=O)NC2[C@@H](COP(=O)(O)O[C@@H]3C[C@H](n4ccc(N)nc4=O)O[C@@H]3COP(=O)(O)OCCCCCCNC(=O)c3ccc(C(=O)O)c(-c4c5ccc(=O)cc-5oc5cc(O)ccc45)c3)O[C@@H](n3cnc4c(N(C)C)ncnc43)[C@H]2O)cc1. The summed E-state index contributed by atoms with van der Waals surface area (Å²) in [6.07, 6.45) is -5.26. The second-order valence-electron chi connectivity index (χ2n) is 26.9. The summed E-state index contributed by atoms with van der Waals surface area (Å²) in [7, 11) is -5.49. The van der Waals surface area contributed by atoms with Crippen molar-refractivity contribution in [3.05, 3.63) is 141 Å². The predicted octanol–water partition coefficient (Wildman–Crippen LogP) is 5.22. The number of carbonyl (C=O) groups excluding carboxylic acids is 5. The molecule has 3 aliphatic heterocycles. The number of methoxy groups -OCH3 is 1. The summed E-state index contributed by atoms with van der Waals surface area (Å²) in [4.78, 5) is 147. The molecule has 3 aromatic heterocycles. The van der Waals surface area contributed by atoms with Gasteiger partial charge < -0.3 is 85.7 Å². The number of unbranched alkanes of at least 4 members (excludes halogenated alkanes) is 3. The molecule has 39 heteroatoms. The Morgan fingerprint density at radius 1 is 0.789 bits per heavy atom. The lowest BCUT2D eigenvalue weighted by Gasteiger charge is -2.28. The number of phosphoric acid groups is 2. The molecule has 6 aromatic rings. The number of fused-ring (bicyclic) bond motifs is 3. The number of carboxylic acids is 1. The second kappa shape index (κ2) is 35.4. The highest BCUT2D eigenvalue weighted by molar-refractivity contribution is 7.47. The predicted molar refractivity (Wildman–Crippen MR) is 389 cm³/mol. The van der Waals surface area contributed by atoms with Crippen LogP contribution in [-0.2, 0) is 62.2 Å². The summed E-state index contributed by atoms with van der Waals surface area (Å²) in [5, 5.41) is 46.7. The van der Waals surface area contributed by atoms with Crippen LogP contribution in [0.2, 0.25) is 0 Å². The van der Waals surface area contributed by atoms with Crippen LogP contribution in [0, 0.1) is 0 Å². The maximum atomic E-state index is 15.0. The lowest BCUT2D eigenvalue weighted by molar-refractivity contribution is -0.131. The molecule has 1 aliphatic carbocycles. The molecule has 3 aromatic carbocycles. The lowest BCUT2D eigenvalue weighted by atomic mass is 9.89. The molecule has 0 saturated carbocycles. The van der Waals surface area contributed by atoms with Crippen LogP contribution in [0.5, 0.6) is 11.5 Å². The first kappa shape index (κ1) is 81.2. The molecular weight excluding hydrogens is 1470 g/mol. The standard InChI is InChI=1S/C70H85N13O24P2/c1-38(84)72-26-12-13-48(78-69(94)106-70(2,3)4)64(89)77-49(29-39-14-19-43(99-7)20-15-39)65(90)80-58-54(105-66(60(58)87)83-37-76-59-61(81(5)6)74-36-75-62(59)83)35-102-109(97,98)107-52-33-56(82-27-24-55(71)79-68(82)93)104-53(52)34-101-108(95,96)100-28-11-9-8-10-25-73-63(88)40-16-21-44(67(91)92)47(30-40)57-45-22-17-41(85)31-50(45)103-51-32-42(86)18-23-46(51)57/h14-24,27,30-32,36-37,48-49,52-54,56,58,60,66,85,87H,8-13,25-26,28-29,33-35H2,1-7H3,(H,72,84)(H,73,88)(H,77,89)(H,78,94)(H,80,90)(H,91,92)(H,95,96)(H,97,98)(H2,71,79,93)/t48-,49+,52-,53-,54-,56-,58?,60+,66-/m1/s1. The van der Waals surface area contributed by atoms with E-state index in [4.69, 9.17) is 47.2 Å². The van der Waals surface area contributed by atoms with E-state index in [1.807, 2.05) is 0 Å². The number of carbonyl (C=O) groups is 6. The minimum absolute atomic E-state index is 0.0386. The van der Waals surface area contributed by atoms with Crippen LogP contribution in [0.15, 0.2) is 118 Å². The molecule has 0 bridgehead atoms. The van der Waals surface area contributed by atoms with E-state index in [1.165, 1.54) is 98.1 Å². The summed E-state index contributed by atoms with van der Waals surface area (Å²) in [5.41, 5.74) is 5.49. The zero-order chi connectivity index (χ0) is 78.6. The van der Waals surface area contributed by atoms with Gasteiger partial charge >= 0.3 is 33.4 Å². The molecule has 4 aliphatic rings. The number of phenolic OH excluding ortho intramolecular Hbond substituents is 1. The fourth-order valence-electron chi connectivity index (χ4n) is 12.3. The number of aromatic hydroxyl groups is 1. The zero-order valence-corrected chi connectivity index (χ0v) is 62.1. The van der Waals surface area contributed by atoms with Gasteiger partial charge in [-0.2, -0.15) is 4.98 Å².